The van der Waals surface area contributed by atoms with Gasteiger partial charge in [0, 0.05) is 6.04 Å². The molecule has 1 aliphatic heterocycles. The van der Waals surface area contributed by atoms with E-state index in [4.69, 9.17) is 10.5 Å². The fourth-order valence-corrected chi connectivity index (χ4v) is 3.40. The largest absolute Gasteiger partial charge is 0.374 e. The third kappa shape index (κ3) is 2.78. The van der Waals surface area contributed by atoms with Gasteiger partial charge in [-0.25, -0.2) is 0 Å². The van der Waals surface area contributed by atoms with Gasteiger partial charge in [-0.15, -0.1) is 0 Å². The molecule has 0 aromatic rings. The highest BCUT2D eigenvalue weighted by Gasteiger charge is 2.33. The lowest BCUT2D eigenvalue weighted by Crippen LogP contribution is -2.42. The monoisotopic (exact) mass is 225 g/mol. The molecule has 94 valence electrons. The summed E-state index contributed by atoms with van der Waals surface area (Å²) in [5.74, 6) is 1.69. The van der Waals surface area contributed by atoms with Gasteiger partial charge in [-0.3, -0.25) is 0 Å². The van der Waals surface area contributed by atoms with Crippen molar-refractivity contribution < 1.29 is 4.74 Å². The summed E-state index contributed by atoms with van der Waals surface area (Å²) in [6, 6.07) is 0.294. The van der Waals surface area contributed by atoms with Gasteiger partial charge in [0.2, 0.25) is 0 Å². The number of ether oxygens (including phenoxy) is 1. The van der Waals surface area contributed by atoms with Crippen LogP contribution in [0.25, 0.3) is 0 Å². The highest BCUT2D eigenvalue weighted by Crippen LogP contribution is 2.35. The minimum atomic E-state index is 0.294. The predicted octanol–water partition coefficient (Wildman–Crippen LogP) is 3.10. The first-order chi connectivity index (χ1) is 7.70. The Bertz CT molecular complexity index is 211. The number of hydrogen-bond donors (Lipinski definition) is 1. The van der Waals surface area contributed by atoms with E-state index in [1.165, 1.54) is 44.9 Å². The van der Waals surface area contributed by atoms with Crippen molar-refractivity contribution in [1.29, 1.82) is 0 Å². The molecule has 16 heavy (non-hydrogen) atoms. The second-order valence-corrected chi connectivity index (χ2v) is 5.83. The Balaban J connectivity index is 1.79. The fourth-order valence-electron chi connectivity index (χ4n) is 3.40. The first-order valence-electron chi connectivity index (χ1n) is 7.11. The van der Waals surface area contributed by atoms with Gasteiger partial charge in [0.1, 0.15) is 0 Å². The van der Waals surface area contributed by atoms with Crippen molar-refractivity contribution in [3.05, 3.63) is 0 Å². The Morgan fingerprint density at radius 3 is 2.31 bits per heavy atom. The highest BCUT2D eigenvalue weighted by molar-refractivity contribution is 4.87. The Kier molecular flexibility index (Phi) is 4.26. The van der Waals surface area contributed by atoms with Crippen LogP contribution in [0.1, 0.15) is 58.8 Å². The maximum Gasteiger partial charge on any atom is 0.0733 e. The standard InChI is InChI=1S/C14H27NO/c1-3-11-5-7-12(8-6-11)14(15)13-9-4-10(2)16-13/h10-14H,3-9,15H2,1-2H3. The van der Waals surface area contributed by atoms with Crippen molar-refractivity contribution in [3.63, 3.8) is 0 Å². The second-order valence-electron chi connectivity index (χ2n) is 5.83. The van der Waals surface area contributed by atoms with E-state index in [2.05, 4.69) is 13.8 Å². The van der Waals surface area contributed by atoms with E-state index in [1.54, 1.807) is 0 Å². The van der Waals surface area contributed by atoms with Gasteiger partial charge in [-0.05, 0) is 44.4 Å². The molecule has 1 aliphatic carbocycles. The smallest absolute Gasteiger partial charge is 0.0733 e. The van der Waals surface area contributed by atoms with Gasteiger partial charge in [0.15, 0.2) is 0 Å². The molecule has 1 saturated heterocycles. The third-order valence-corrected chi connectivity index (χ3v) is 4.71. The summed E-state index contributed by atoms with van der Waals surface area (Å²) in [6.07, 6.45) is 9.93. The summed E-state index contributed by atoms with van der Waals surface area (Å²) in [7, 11) is 0. The van der Waals surface area contributed by atoms with Crippen molar-refractivity contribution in [2.24, 2.45) is 17.6 Å². The number of rotatable bonds is 3. The molecule has 1 saturated carbocycles. The molecule has 2 rings (SSSR count). The summed E-state index contributed by atoms with van der Waals surface area (Å²) >= 11 is 0. The Morgan fingerprint density at radius 1 is 1.12 bits per heavy atom. The summed E-state index contributed by atoms with van der Waals surface area (Å²) in [6.45, 7) is 4.48. The van der Waals surface area contributed by atoms with Crippen molar-refractivity contribution in [2.45, 2.75) is 77.0 Å². The van der Waals surface area contributed by atoms with E-state index in [9.17, 15) is 0 Å². The minimum Gasteiger partial charge on any atom is -0.374 e. The average Bonchev–Trinajstić information content (AvgIpc) is 2.75. The lowest BCUT2D eigenvalue weighted by Gasteiger charge is -2.34. The van der Waals surface area contributed by atoms with Crippen LogP contribution < -0.4 is 5.73 Å². The van der Waals surface area contributed by atoms with Crippen LogP contribution in [0.15, 0.2) is 0 Å². The van der Waals surface area contributed by atoms with Crippen LogP contribution >= 0.6 is 0 Å². The lowest BCUT2D eigenvalue weighted by atomic mass is 9.76. The molecule has 2 N–H and O–H groups in total. The third-order valence-electron chi connectivity index (χ3n) is 4.71. The zero-order chi connectivity index (χ0) is 11.5. The maximum absolute atomic E-state index is 6.38. The minimum absolute atomic E-state index is 0.294. The zero-order valence-corrected chi connectivity index (χ0v) is 10.8. The summed E-state index contributed by atoms with van der Waals surface area (Å²) in [5, 5.41) is 0. The SMILES string of the molecule is CCC1CCC(C(N)C2CCC(C)O2)CC1. The molecule has 2 nitrogen and oxygen atoms in total. The number of hydrogen-bond acceptors (Lipinski definition) is 2. The second kappa shape index (κ2) is 5.50. The van der Waals surface area contributed by atoms with Crippen LogP contribution in [0.3, 0.4) is 0 Å². The summed E-state index contributed by atoms with van der Waals surface area (Å²) in [5.41, 5.74) is 6.38. The molecule has 2 fully saturated rings. The topological polar surface area (TPSA) is 35.2 Å². The van der Waals surface area contributed by atoms with Crippen LogP contribution in [0.5, 0.6) is 0 Å². The molecule has 3 atom stereocenters. The van der Waals surface area contributed by atoms with Crippen molar-refractivity contribution in [2.75, 3.05) is 0 Å². The van der Waals surface area contributed by atoms with E-state index in [-0.39, 0.29) is 0 Å². The van der Waals surface area contributed by atoms with Crippen LogP contribution in [-0.4, -0.2) is 18.2 Å². The number of nitrogens with two attached hydrogens (primary N) is 1. The van der Waals surface area contributed by atoms with Gasteiger partial charge in [0.05, 0.1) is 12.2 Å². The molecule has 2 aliphatic rings. The molecule has 0 radical (unpaired) electrons. The van der Waals surface area contributed by atoms with Gasteiger partial charge in [-0.1, -0.05) is 26.2 Å². The molecule has 0 aromatic carbocycles. The highest BCUT2D eigenvalue weighted by atomic mass is 16.5. The summed E-state index contributed by atoms with van der Waals surface area (Å²) in [4.78, 5) is 0. The van der Waals surface area contributed by atoms with Crippen molar-refractivity contribution in [3.8, 4) is 0 Å². The molecule has 3 unspecified atom stereocenters. The summed E-state index contributed by atoms with van der Waals surface area (Å²) < 4.78 is 5.90. The Morgan fingerprint density at radius 2 is 1.81 bits per heavy atom. The molecule has 0 amide bonds. The maximum atomic E-state index is 6.38. The van der Waals surface area contributed by atoms with E-state index in [1.807, 2.05) is 0 Å². The predicted molar refractivity (Wildman–Crippen MR) is 67.3 cm³/mol. The van der Waals surface area contributed by atoms with Crippen LogP contribution in [-0.2, 0) is 4.74 Å². The molecular formula is C14H27NO. The molecular weight excluding hydrogens is 198 g/mol. The first kappa shape index (κ1) is 12.4. The molecule has 0 spiro atoms. The fraction of sp³-hybridized carbons (Fsp3) is 1.00. The van der Waals surface area contributed by atoms with Gasteiger partial charge in [0.25, 0.3) is 0 Å². The molecule has 1 heterocycles. The lowest BCUT2D eigenvalue weighted by molar-refractivity contribution is 0.0205. The first-order valence-corrected chi connectivity index (χ1v) is 7.11. The van der Waals surface area contributed by atoms with Gasteiger partial charge < -0.3 is 10.5 Å². The molecule has 0 bridgehead atoms. The zero-order valence-electron chi connectivity index (χ0n) is 10.8. The normalized spacial score (nSPS) is 42.2. The van der Waals surface area contributed by atoms with Crippen molar-refractivity contribution in [1.82, 2.24) is 0 Å². The van der Waals surface area contributed by atoms with Crippen LogP contribution in [0.2, 0.25) is 0 Å². The average molecular weight is 225 g/mol. The quantitative estimate of drug-likeness (QED) is 0.801. The van der Waals surface area contributed by atoms with E-state index in [0.717, 1.165) is 11.8 Å². The molecule has 0 aromatic heterocycles. The van der Waals surface area contributed by atoms with E-state index in [0.29, 0.717) is 18.2 Å². The van der Waals surface area contributed by atoms with E-state index < -0.39 is 0 Å². The Hall–Kier alpha value is -0.0800. The van der Waals surface area contributed by atoms with Gasteiger partial charge in [-0.2, -0.15) is 0 Å². The van der Waals surface area contributed by atoms with E-state index >= 15 is 0 Å². The van der Waals surface area contributed by atoms with Crippen LogP contribution in [0.4, 0.5) is 0 Å². The van der Waals surface area contributed by atoms with Crippen LogP contribution in [0, 0.1) is 11.8 Å². The molecule has 2 heteroatoms. The van der Waals surface area contributed by atoms with Gasteiger partial charge >= 0.3 is 0 Å². The Labute approximate surface area is 99.9 Å². The van der Waals surface area contributed by atoms with Crippen molar-refractivity contribution >= 4 is 0 Å².